The number of nitrogen functional groups attached to an aromatic ring is 1. The summed E-state index contributed by atoms with van der Waals surface area (Å²) in [5.41, 5.74) is 8.78. The Bertz CT molecular complexity index is 703. The lowest BCUT2D eigenvalue weighted by Crippen LogP contribution is -2.21. The van der Waals surface area contributed by atoms with Gasteiger partial charge in [0, 0.05) is 18.5 Å². The SMILES string of the molecule is C/C=C(/NCc1ccc(C(=N)N)cc1)C(=O)Cc1ccccc1. The van der Waals surface area contributed by atoms with Crippen LogP contribution >= 0.6 is 0 Å². The zero-order valence-electron chi connectivity index (χ0n) is 13.2. The largest absolute Gasteiger partial charge is 0.384 e. The highest BCUT2D eigenvalue weighted by Gasteiger charge is 2.09. The Labute approximate surface area is 136 Å². The van der Waals surface area contributed by atoms with Gasteiger partial charge in [-0.15, -0.1) is 0 Å². The molecule has 2 rings (SSSR count). The summed E-state index contributed by atoms with van der Waals surface area (Å²) in [4.78, 5) is 12.3. The number of amidine groups is 1. The number of nitrogens with one attached hydrogen (secondary N) is 2. The average molecular weight is 307 g/mol. The second-order valence-corrected chi connectivity index (χ2v) is 5.25. The van der Waals surface area contributed by atoms with E-state index in [4.69, 9.17) is 11.1 Å². The first-order valence-electron chi connectivity index (χ1n) is 7.51. The molecule has 0 spiro atoms. The van der Waals surface area contributed by atoms with Gasteiger partial charge in [0.15, 0.2) is 5.78 Å². The Balaban J connectivity index is 1.94. The van der Waals surface area contributed by atoms with E-state index in [1.807, 2.05) is 49.4 Å². The lowest BCUT2D eigenvalue weighted by molar-refractivity contribution is -0.115. The first-order valence-corrected chi connectivity index (χ1v) is 7.51. The van der Waals surface area contributed by atoms with Gasteiger partial charge < -0.3 is 11.1 Å². The van der Waals surface area contributed by atoms with Gasteiger partial charge in [0.2, 0.25) is 0 Å². The molecule has 0 unspecified atom stereocenters. The summed E-state index contributed by atoms with van der Waals surface area (Å²) in [5, 5.41) is 10.6. The maximum Gasteiger partial charge on any atom is 0.182 e. The van der Waals surface area contributed by atoms with E-state index >= 15 is 0 Å². The van der Waals surface area contributed by atoms with Crippen LogP contribution in [0.3, 0.4) is 0 Å². The number of carbonyl (C=O) groups excluding carboxylic acids is 1. The van der Waals surface area contributed by atoms with Crippen LogP contribution in [0.2, 0.25) is 0 Å². The van der Waals surface area contributed by atoms with Crippen LogP contribution in [0.1, 0.15) is 23.6 Å². The van der Waals surface area contributed by atoms with Crippen molar-refractivity contribution in [1.29, 1.82) is 5.41 Å². The van der Waals surface area contributed by atoms with E-state index in [9.17, 15) is 4.79 Å². The molecule has 0 amide bonds. The molecule has 0 bridgehead atoms. The molecule has 2 aromatic carbocycles. The molecule has 2 aromatic rings. The van der Waals surface area contributed by atoms with Crippen molar-refractivity contribution in [3.8, 4) is 0 Å². The molecule has 0 saturated carbocycles. The van der Waals surface area contributed by atoms with E-state index < -0.39 is 0 Å². The molecular weight excluding hydrogens is 286 g/mol. The zero-order chi connectivity index (χ0) is 16.7. The number of rotatable bonds is 7. The van der Waals surface area contributed by atoms with E-state index in [0.29, 0.717) is 24.2 Å². The second kappa shape index (κ2) is 7.94. The minimum absolute atomic E-state index is 0.0525. The molecule has 4 heteroatoms. The summed E-state index contributed by atoms with van der Waals surface area (Å²) in [6, 6.07) is 17.1. The van der Waals surface area contributed by atoms with Crippen LogP contribution in [0.25, 0.3) is 0 Å². The third-order valence-corrected chi connectivity index (χ3v) is 3.54. The number of Topliss-reactive ketones (excluding diaryl/α,β-unsaturated/α-hetero) is 1. The first-order chi connectivity index (χ1) is 11.1. The lowest BCUT2D eigenvalue weighted by Gasteiger charge is -2.10. The minimum atomic E-state index is 0.0525. The molecule has 23 heavy (non-hydrogen) atoms. The van der Waals surface area contributed by atoms with Crippen LogP contribution in [-0.2, 0) is 17.8 Å². The highest BCUT2D eigenvalue weighted by molar-refractivity contribution is 5.96. The third-order valence-electron chi connectivity index (χ3n) is 3.54. The van der Waals surface area contributed by atoms with Gasteiger partial charge in [-0.1, -0.05) is 60.7 Å². The van der Waals surface area contributed by atoms with E-state index in [1.54, 1.807) is 18.2 Å². The normalized spacial score (nSPS) is 11.1. The van der Waals surface area contributed by atoms with Crippen LogP contribution in [0.5, 0.6) is 0 Å². The Morgan fingerprint density at radius 2 is 1.74 bits per heavy atom. The Morgan fingerprint density at radius 3 is 2.30 bits per heavy atom. The molecule has 0 heterocycles. The Morgan fingerprint density at radius 1 is 1.09 bits per heavy atom. The predicted octanol–water partition coefficient (Wildman–Crippen LogP) is 2.78. The Hall–Kier alpha value is -2.88. The summed E-state index contributed by atoms with van der Waals surface area (Å²) in [7, 11) is 0. The van der Waals surface area contributed by atoms with Gasteiger partial charge >= 0.3 is 0 Å². The summed E-state index contributed by atoms with van der Waals surface area (Å²) in [6.07, 6.45) is 2.19. The molecular formula is C19H21N3O. The smallest absolute Gasteiger partial charge is 0.182 e. The lowest BCUT2D eigenvalue weighted by atomic mass is 10.1. The molecule has 0 fully saturated rings. The molecule has 0 atom stereocenters. The van der Waals surface area contributed by atoms with Crippen LogP contribution < -0.4 is 11.1 Å². The van der Waals surface area contributed by atoms with Crippen molar-refractivity contribution in [3.63, 3.8) is 0 Å². The molecule has 4 N–H and O–H groups in total. The summed E-state index contributed by atoms with van der Waals surface area (Å²) in [6.45, 7) is 2.41. The van der Waals surface area contributed by atoms with E-state index in [-0.39, 0.29) is 11.6 Å². The van der Waals surface area contributed by atoms with Gasteiger partial charge in [-0.25, -0.2) is 0 Å². The minimum Gasteiger partial charge on any atom is -0.384 e. The van der Waals surface area contributed by atoms with Crippen molar-refractivity contribution >= 4 is 11.6 Å². The maximum absolute atomic E-state index is 12.3. The fourth-order valence-electron chi connectivity index (χ4n) is 2.24. The van der Waals surface area contributed by atoms with Crippen LogP contribution in [-0.4, -0.2) is 11.6 Å². The van der Waals surface area contributed by atoms with Crippen molar-refractivity contribution in [3.05, 3.63) is 83.1 Å². The van der Waals surface area contributed by atoms with Crippen LogP contribution in [0, 0.1) is 5.41 Å². The molecule has 0 aromatic heterocycles. The van der Waals surface area contributed by atoms with Gasteiger partial charge in [-0.2, -0.15) is 0 Å². The fourth-order valence-corrected chi connectivity index (χ4v) is 2.24. The Kier molecular flexibility index (Phi) is 5.69. The van der Waals surface area contributed by atoms with Gasteiger partial charge in [-0.3, -0.25) is 10.2 Å². The van der Waals surface area contributed by atoms with Crippen molar-refractivity contribution < 1.29 is 4.79 Å². The molecule has 0 saturated heterocycles. The highest BCUT2D eigenvalue weighted by Crippen LogP contribution is 2.07. The number of benzene rings is 2. The fraction of sp³-hybridized carbons (Fsp3) is 0.158. The summed E-state index contributed by atoms with van der Waals surface area (Å²) < 4.78 is 0. The number of ketones is 1. The standard InChI is InChI=1S/C19H21N3O/c1-2-17(18(23)12-14-6-4-3-5-7-14)22-13-15-8-10-16(11-9-15)19(20)21/h2-11,22H,12-13H2,1H3,(H3,20,21)/b17-2+. The van der Waals surface area contributed by atoms with E-state index in [0.717, 1.165) is 11.1 Å². The molecule has 4 nitrogen and oxygen atoms in total. The molecule has 0 radical (unpaired) electrons. The van der Waals surface area contributed by atoms with Crippen molar-refractivity contribution in [2.75, 3.05) is 0 Å². The average Bonchev–Trinajstić information content (AvgIpc) is 2.56. The van der Waals surface area contributed by atoms with Gasteiger partial charge in [0.25, 0.3) is 0 Å². The first kappa shape index (κ1) is 16.5. The number of carbonyl (C=O) groups is 1. The van der Waals surface area contributed by atoms with Gasteiger partial charge in [0.05, 0.1) is 5.70 Å². The summed E-state index contributed by atoms with van der Waals surface area (Å²) >= 11 is 0. The highest BCUT2D eigenvalue weighted by atomic mass is 16.1. The topological polar surface area (TPSA) is 79.0 Å². The zero-order valence-corrected chi connectivity index (χ0v) is 13.2. The number of hydrogen-bond donors (Lipinski definition) is 3. The predicted molar refractivity (Wildman–Crippen MR) is 93.2 cm³/mol. The van der Waals surface area contributed by atoms with E-state index in [2.05, 4.69) is 5.32 Å². The van der Waals surface area contributed by atoms with Crippen LogP contribution in [0.15, 0.2) is 66.4 Å². The number of nitrogens with two attached hydrogens (primary N) is 1. The van der Waals surface area contributed by atoms with Crippen molar-refractivity contribution in [2.24, 2.45) is 5.73 Å². The van der Waals surface area contributed by atoms with Crippen molar-refractivity contribution in [1.82, 2.24) is 5.32 Å². The quantitative estimate of drug-likeness (QED) is 0.418. The molecule has 0 aliphatic rings. The van der Waals surface area contributed by atoms with E-state index in [1.165, 1.54) is 0 Å². The second-order valence-electron chi connectivity index (χ2n) is 5.25. The molecule has 118 valence electrons. The van der Waals surface area contributed by atoms with Crippen LogP contribution in [0.4, 0.5) is 0 Å². The van der Waals surface area contributed by atoms with Gasteiger partial charge in [-0.05, 0) is 18.1 Å². The number of hydrogen-bond acceptors (Lipinski definition) is 3. The van der Waals surface area contributed by atoms with Crippen molar-refractivity contribution in [2.45, 2.75) is 19.9 Å². The monoisotopic (exact) mass is 307 g/mol. The third kappa shape index (κ3) is 4.81. The summed E-state index contributed by atoms with van der Waals surface area (Å²) in [5.74, 6) is 0.121. The number of allylic oxidation sites excluding steroid dienone is 2. The molecule has 0 aliphatic carbocycles. The van der Waals surface area contributed by atoms with Gasteiger partial charge in [0.1, 0.15) is 5.84 Å². The maximum atomic E-state index is 12.3. The molecule has 0 aliphatic heterocycles.